The van der Waals surface area contributed by atoms with Crippen LogP contribution in [0.4, 0.5) is 18.9 Å². The summed E-state index contributed by atoms with van der Waals surface area (Å²) in [7, 11) is 0. The summed E-state index contributed by atoms with van der Waals surface area (Å²) in [5.41, 5.74) is 5.61. The molecule has 0 fully saturated rings. The van der Waals surface area contributed by atoms with Crippen molar-refractivity contribution in [2.75, 3.05) is 11.4 Å². The Labute approximate surface area is 154 Å². The molecule has 1 aromatic carbocycles. The van der Waals surface area contributed by atoms with Crippen molar-refractivity contribution in [3.05, 3.63) is 59.4 Å². The predicted octanol–water partition coefficient (Wildman–Crippen LogP) is 4.99. The van der Waals surface area contributed by atoms with E-state index in [4.69, 9.17) is 22.1 Å². The van der Waals surface area contributed by atoms with E-state index in [9.17, 15) is 13.2 Å². The van der Waals surface area contributed by atoms with Crippen molar-refractivity contribution >= 4 is 17.3 Å². The van der Waals surface area contributed by atoms with Gasteiger partial charge in [0.2, 0.25) is 5.88 Å². The molecule has 1 aromatic heterocycles. The van der Waals surface area contributed by atoms with Gasteiger partial charge in [0.05, 0.1) is 17.4 Å². The fourth-order valence-electron chi connectivity index (χ4n) is 2.79. The fourth-order valence-corrected chi connectivity index (χ4v) is 2.99. The molecule has 0 saturated carbocycles. The summed E-state index contributed by atoms with van der Waals surface area (Å²) < 4.78 is 43.8. The summed E-state index contributed by atoms with van der Waals surface area (Å²) in [6.45, 7) is 0.570. The van der Waals surface area contributed by atoms with Gasteiger partial charge in [-0.25, -0.2) is 4.98 Å². The number of halogens is 4. The number of benzene rings is 1. The number of anilines is 1. The van der Waals surface area contributed by atoms with E-state index in [2.05, 4.69) is 4.98 Å². The van der Waals surface area contributed by atoms with Gasteiger partial charge < -0.3 is 15.4 Å². The number of alkyl halides is 3. The van der Waals surface area contributed by atoms with Gasteiger partial charge in [0.25, 0.3) is 0 Å². The number of hydrogen-bond donors (Lipinski definition) is 1. The summed E-state index contributed by atoms with van der Waals surface area (Å²) in [4.78, 5) is 6.19. The van der Waals surface area contributed by atoms with Crippen LogP contribution >= 0.6 is 11.6 Å². The highest BCUT2D eigenvalue weighted by Crippen LogP contribution is 2.35. The van der Waals surface area contributed by atoms with Crippen molar-refractivity contribution in [3.8, 4) is 11.6 Å². The van der Waals surface area contributed by atoms with Gasteiger partial charge in [0.1, 0.15) is 10.8 Å². The topological polar surface area (TPSA) is 51.4 Å². The van der Waals surface area contributed by atoms with Crippen LogP contribution in [0.5, 0.6) is 11.6 Å². The Bertz CT molecular complexity index is 811. The molecule has 0 amide bonds. The largest absolute Gasteiger partial charge is 0.438 e. The Morgan fingerprint density at radius 3 is 2.81 bits per heavy atom. The second kappa shape index (κ2) is 7.55. The highest BCUT2D eigenvalue weighted by atomic mass is 35.5. The standard InChI is InChI=1S/C18H17ClF3N3O/c19-16-10-14(25-8-2-4-13(25)6-7-23)11-24-17(16)26-15-5-1-3-12(9-15)18(20,21)22/h1-3,5,8-11,13H,4,6-7,23H2. The first-order valence-electron chi connectivity index (χ1n) is 8.04. The highest BCUT2D eigenvalue weighted by Gasteiger charge is 2.30. The average Bonchev–Trinajstić information content (AvgIpc) is 3.05. The Kier molecular flexibility index (Phi) is 5.38. The molecule has 3 rings (SSSR count). The smallest absolute Gasteiger partial charge is 0.416 e. The van der Waals surface area contributed by atoms with Crippen LogP contribution < -0.4 is 15.4 Å². The molecule has 1 aliphatic rings. The third kappa shape index (κ3) is 4.11. The second-order valence-electron chi connectivity index (χ2n) is 5.87. The Morgan fingerprint density at radius 2 is 2.12 bits per heavy atom. The Balaban J connectivity index is 1.79. The summed E-state index contributed by atoms with van der Waals surface area (Å²) in [6, 6.07) is 6.49. The van der Waals surface area contributed by atoms with Crippen LogP contribution in [0, 0.1) is 0 Å². The lowest BCUT2D eigenvalue weighted by molar-refractivity contribution is -0.137. The lowest BCUT2D eigenvalue weighted by atomic mass is 10.1. The molecule has 138 valence electrons. The first-order valence-corrected chi connectivity index (χ1v) is 8.42. The summed E-state index contributed by atoms with van der Waals surface area (Å²) in [5.74, 6) is 0.0670. The monoisotopic (exact) mass is 383 g/mol. The minimum absolute atomic E-state index is 0.0176. The number of pyridine rings is 1. The molecule has 0 spiro atoms. The molecule has 8 heteroatoms. The van der Waals surface area contributed by atoms with Gasteiger partial charge in [-0.2, -0.15) is 13.2 Å². The lowest BCUT2D eigenvalue weighted by Crippen LogP contribution is -2.28. The van der Waals surface area contributed by atoms with Crippen molar-refractivity contribution in [2.45, 2.75) is 25.1 Å². The number of aromatic nitrogens is 1. The number of hydrogen-bond acceptors (Lipinski definition) is 4. The quantitative estimate of drug-likeness (QED) is 0.790. The molecule has 4 nitrogen and oxygen atoms in total. The molecule has 1 aliphatic heterocycles. The first kappa shape index (κ1) is 18.5. The van der Waals surface area contributed by atoms with Crippen LogP contribution in [0.3, 0.4) is 0 Å². The third-order valence-corrected chi connectivity index (χ3v) is 4.31. The molecular formula is C18H17ClF3N3O. The van der Waals surface area contributed by atoms with E-state index < -0.39 is 11.7 Å². The molecule has 0 aliphatic carbocycles. The van der Waals surface area contributed by atoms with Gasteiger partial charge in [-0.1, -0.05) is 23.7 Å². The van der Waals surface area contributed by atoms with Gasteiger partial charge >= 0.3 is 6.18 Å². The second-order valence-corrected chi connectivity index (χ2v) is 6.27. The van der Waals surface area contributed by atoms with Gasteiger partial charge in [-0.05, 0) is 43.7 Å². The summed E-state index contributed by atoms with van der Waals surface area (Å²) >= 11 is 6.23. The number of ether oxygens (including phenoxy) is 1. The van der Waals surface area contributed by atoms with E-state index in [0.717, 1.165) is 30.7 Å². The minimum atomic E-state index is -4.44. The number of nitrogens with two attached hydrogens (primary N) is 1. The zero-order valence-corrected chi connectivity index (χ0v) is 14.5. The Morgan fingerprint density at radius 1 is 1.31 bits per heavy atom. The highest BCUT2D eigenvalue weighted by molar-refractivity contribution is 6.32. The maximum Gasteiger partial charge on any atom is 0.416 e. The average molecular weight is 384 g/mol. The maximum absolute atomic E-state index is 12.8. The molecule has 2 N–H and O–H groups in total. The van der Waals surface area contributed by atoms with E-state index in [1.807, 2.05) is 17.2 Å². The van der Waals surface area contributed by atoms with E-state index in [0.29, 0.717) is 6.54 Å². The number of rotatable bonds is 5. The van der Waals surface area contributed by atoms with Gasteiger partial charge in [0.15, 0.2) is 0 Å². The summed E-state index contributed by atoms with van der Waals surface area (Å²) in [5, 5.41) is 0.215. The van der Waals surface area contributed by atoms with Crippen LogP contribution in [0.1, 0.15) is 18.4 Å². The van der Waals surface area contributed by atoms with Gasteiger partial charge in [0, 0.05) is 12.2 Å². The van der Waals surface area contributed by atoms with Crippen molar-refractivity contribution in [2.24, 2.45) is 5.73 Å². The molecule has 1 atom stereocenters. The van der Waals surface area contributed by atoms with Crippen LogP contribution in [0.15, 0.2) is 48.8 Å². The van der Waals surface area contributed by atoms with Gasteiger partial charge in [-0.15, -0.1) is 0 Å². The zero-order chi connectivity index (χ0) is 18.7. The predicted molar refractivity (Wildman–Crippen MR) is 94.5 cm³/mol. The molecule has 26 heavy (non-hydrogen) atoms. The fraction of sp³-hybridized carbons (Fsp3) is 0.278. The third-order valence-electron chi connectivity index (χ3n) is 4.03. The van der Waals surface area contributed by atoms with E-state index in [1.54, 1.807) is 12.3 Å². The van der Waals surface area contributed by atoms with Crippen molar-refractivity contribution in [3.63, 3.8) is 0 Å². The summed E-state index contributed by atoms with van der Waals surface area (Å²) in [6.07, 6.45) is 2.83. The first-order chi connectivity index (χ1) is 12.4. The molecule has 2 heterocycles. The molecular weight excluding hydrogens is 367 g/mol. The molecule has 0 bridgehead atoms. The lowest BCUT2D eigenvalue weighted by Gasteiger charge is -2.25. The normalized spacial score (nSPS) is 17.0. The van der Waals surface area contributed by atoms with E-state index in [-0.39, 0.29) is 22.7 Å². The SMILES string of the molecule is NCCC1CC=CN1c1cnc(Oc2cccc(C(F)(F)F)c2)c(Cl)c1. The minimum Gasteiger partial charge on any atom is -0.438 e. The van der Waals surface area contributed by atoms with Crippen molar-refractivity contribution < 1.29 is 17.9 Å². The zero-order valence-electron chi connectivity index (χ0n) is 13.7. The number of nitrogens with zero attached hydrogens (tertiary/aromatic N) is 2. The molecule has 2 aromatic rings. The molecule has 0 saturated heterocycles. The van der Waals surface area contributed by atoms with Crippen LogP contribution in [0.2, 0.25) is 5.02 Å². The molecule has 0 radical (unpaired) electrons. The molecule has 1 unspecified atom stereocenters. The van der Waals surface area contributed by atoms with Crippen LogP contribution in [-0.2, 0) is 6.18 Å². The van der Waals surface area contributed by atoms with Crippen LogP contribution in [0.25, 0.3) is 0 Å². The van der Waals surface area contributed by atoms with E-state index in [1.165, 1.54) is 12.1 Å². The van der Waals surface area contributed by atoms with Gasteiger partial charge in [-0.3, -0.25) is 0 Å². The van der Waals surface area contributed by atoms with Crippen molar-refractivity contribution in [1.29, 1.82) is 0 Å². The Hall–Kier alpha value is -2.25. The van der Waals surface area contributed by atoms with Crippen LogP contribution in [-0.4, -0.2) is 17.6 Å². The van der Waals surface area contributed by atoms with Crippen molar-refractivity contribution in [1.82, 2.24) is 4.98 Å². The van der Waals surface area contributed by atoms with E-state index >= 15 is 0 Å². The maximum atomic E-state index is 12.8.